The predicted octanol–water partition coefficient (Wildman–Crippen LogP) is 1.15. The van der Waals surface area contributed by atoms with E-state index in [1.54, 1.807) is 0 Å². The summed E-state index contributed by atoms with van der Waals surface area (Å²) in [6, 6.07) is 0. The molecule has 90 valence electrons. The van der Waals surface area contributed by atoms with Crippen molar-refractivity contribution in [3.63, 3.8) is 0 Å². The molecule has 3 rings (SSSR count). The topological polar surface area (TPSA) is 55.1 Å². The van der Waals surface area contributed by atoms with Crippen LogP contribution in [-0.2, 0) is 6.42 Å². The average molecular weight is 231 g/mol. The minimum absolute atomic E-state index is 0.440. The molecule has 0 saturated carbocycles. The Bertz CT molecular complexity index is 513. The molecule has 2 aromatic heterocycles. The molecule has 0 bridgehead atoms. The van der Waals surface area contributed by atoms with E-state index in [9.17, 15) is 0 Å². The van der Waals surface area contributed by atoms with E-state index in [1.807, 2.05) is 16.9 Å². The van der Waals surface area contributed by atoms with Crippen molar-refractivity contribution in [2.45, 2.75) is 32.1 Å². The van der Waals surface area contributed by atoms with Crippen LogP contribution in [-0.4, -0.2) is 32.7 Å². The van der Waals surface area contributed by atoms with Crippen molar-refractivity contribution in [3.8, 4) is 0 Å². The molecule has 1 N–H and O–H groups in total. The van der Waals surface area contributed by atoms with Crippen LogP contribution in [0.4, 0.5) is 0 Å². The number of nitrogens with zero attached hydrogens (tertiary/aromatic N) is 4. The molecular formula is C12H17N5. The van der Waals surface area contributed by atoms with Crippen LogP contribution in [0.15, 0.2) is 12.4 Å². The zero-order valence-corrected chi connectivity index (χ0v) is 10.1. The first kappa shape index (κ1) is 10.7. The Morgan fingerprint density at radius 1 is 1.53 bits per heavy atom. The fourth-order valence-corrected chi connectivity index (χ4v) is 2.26. The second kappa shape index (κ2) is 4.41. The summed E-state index contributed by atoms with van der Waals surface area (Å²) in [7, 11) is 0. The molecule has 1 saturated heterocycles. The van der Waals surface area contributed by atoms with Crippen LogP contribution in [0.3, 0.4) is 0 Å². The van der Waals surface area contributed by atoms with Gasteiger partial charge in [0, 0.05) is 24.9 Å². The summed E-state index contributed by atoms with van der Waals surface area (Å²) in [5, 5.41) is 7.94. The molecule has 1 unspecified atom stereocenters. The number of hydrogen-bond donors (Lipinski definition) is 1. The third kappa shape index (κ3) is 2.02. The smallest absolute Gasteiger partial charge is 0.252 e. The van der Waals surface area contributed by atoms with Gasteiger partial charge in [0.1, 0.15) is 0 Å². The van der Waals surface area contributed by atoms with Gasteiger partial charge in [-0.1, -0.05) is 6.92 Å². The summed E-state index contributed by atoms with van der Waals surface area (Å²) in [6.07, 6.45) is 7.25. The van der Waals surface area contributed by atoms with Crippen LogP contribution in [0, 0.1) is 0 Å². The van der Waals surface area contributed by atoms with Crippen molar-refractivity contribution in [2.24, 2.45) is 0 Å². The van der Waals surface area contributed by atoms with E-state index in [0.717, 1.165) is 25.3 Å². The van der Waals surface area contributed by atoms with E-state index >= 15 is 0 Å². The summed E-state index contributed by atoms with van der Waals surface area (Å²) in [5.74, 6) is 2.08. The predicted molar refractivity (Wildman–Crippen MR) is 65.0 cm³/mol. The minimum atomic E-state index is 0.440. The van der Waals surface area contributed by atoms with E-state index in [1.165, 1.54) is 18.4 Å². The Labute approximate surface area is 100 Å². The highest BCUT2D eigenvalue weighted by Gasteiger charge is 2.19. The average Bonchev–Trinajstić information content (AvgIpc) is 2.82. The maximum absolute atomic E-state index is 4.55. The van der Waals surface area contributed by atoms with Gasteiger partial charge in [-0.25, -0.2) is 9.50 Å². The van der Waals surface area contributed by atoms with Gasteiger partial charge in [0.2, 0.25) is 0 Å². The van der Waals surface area contributed by atoms with Crippen LogP contribution < -0.4 is 5.32 Å². The molecule has 5 heteroatoms. The number of nitrogens with one attached hydrogen (secondary N) is 1. The van der Waals surface area contributed by atoms with Crippen molar-refractivity contribution >= 4 is 5.78 Å². The quantitative estimate of drug-likeness (QED) is 0.842. The maximum atomic E-state index is 4.55. The highest BCUT2D eigenvalue weighted by atomic mass is 15.3. The lowest BCUT2D eigenvalue weighted by atomic mass is 9.99. The molecule has 0 aromatic carbocycles. The molecule has 1 aliphatic rings. The van der Waals surface area contributed by atoms with Gasteiger partial charge in [0.05, 0.1) is 0 Å². The van der Waals surface area contributed by atoms with Crippen LogP contribution in [0.5, 0.6) is 0 Å². The van der Waals surface area contributed by atoms with Gasteiger partial charge in [0.15, 0.2) is 5.82 Å². The Morgan fingerprint density at radius 3 is 3.24 bits per heavy atom. The third-order valence-corrected chi connectivity index (χ3v) is 3.33. The van der Waals surface area contributed by atoms with Crippen LogP contribution >= 0.6 is 0 Å². The molecule has 17 heavy (non-hydrogen) atoms. The van der Waals surface area contributed by atoms with Crippen LogP contribution in [0.1, 0.15) is 37.1 Å². The van der Waals surface area contributed by atoms with Crippen molar-refractivity contribution in [1.29, 1.82) is 0 Å². The molecule has 1 aliphatic heterocycles. The van der Waals surface area contributed by atoms with Crippen molar-refractivity contribution in [3.05, 3.63) is 23.8 Å². The fraction of sp³-hybridized carbons (Fsp3) is 0.583. The van der Waals surface area contributed by atoms with Crippen LogP contribution in [0.2, 0.25) is 0 Å². The van der Waals surface area contributed by atoms with Gasteiger partial charge in [-0.15, -0.1) is 5.10 Å². The zero-order chi connectivity index (χ0) is 11.7. The number of aromatic nitrogens is 4. The molecule has 5 nitrogen and oxygen atoms in total. The first-order valence-corrected chi connectivity index (χ1v) is 6.28. The maximum Gasteiger partial charge on any atom is 0.252 e. The van der Waals surface area contributed by atoms with Crippen molar-refractivity contribution in [2.75, 3.05) is 13.1 Å². The Morgan fingerprint density at radius 2 is 2.47 bits per heavy atom. The monoisotopic (exact) mass is 231 g/mol. The van der Waals surface area contributed by atoms with E-state index in [0.29, 0.717) is 11.7 Å². The molecule has 2 aromatic rings. The standard InChI is InChI=1S/C12H17N5/c1-2-9-6-14-12-15-11(16-17(12)8-9)10-4-3-5-13-7-10/h6,8,10,13H,2-5,7H2,1H3. The highest BCUT2D eigenvalue weighted by molar-refractivity contribution is 5.28. The van der Waals surface area contributed by atoms with E-state index in [2.05, 4.69) is 27.3 Å². The second-order valence-electron chi connectivity index (χ2n) is 4.57. The molecule has 1 fully saturated rings. The molecule has 0 spiro atoms. The third-order valence-electron chi connectivity index (χ3n) is 3.33. The molecule has 3 heterocycles. The Balaban J connectivity index is 1.95. The number of aryl methyl sites for hydroxylation is 1. The summed E-state index contributed by atoms with van der Waals surface area (Å²) in [5.41, 5.74) is 1.19. The summed E-state index contributed by atoms with van der Waals surface area (Å²) >= 11 is 0. The molecule has 0 aliphatic carbocycles. The number of fused-ring (bicyclic) bond motifs is 1. The number of hydrogen-bond acceptors (Lipinski definition) is 4. The van der Waals surface area contributed by atoms with Gasteiger partial charge in [-0.2, -0.15) is 4.98 Å². The van der Waals surface area contributed by atoms with Gasteiger partial charge in [-0.3, -0.25) is 0 Å². The summed E-state index contributed by atoms with van der Waals surface area (Å²) in [4.78, 5) is 8.85. The van der Waals surface area contributed by atoms with Gasteiger partial charge >= 0.3 is 0 Å². The first-order chi connectivity index (χ1) is 8.36. The van der Waals surface area contributed by atoms with Crippen molar-refractivity contribution < 1.29 is 0 Å². The van der Waals surface area contributed by atoms with Gasteiger partial charge in [-0.05, 0) is 31.4 Å². The number of rotatable bonds is 2. The lowest BCUT2D eigenvalue weighted by Crippen LogP contribution is -2.28. The summed E-state index contributed by atoms with van der Waals surface area (Å²) in [6.45, 7) is 4.21. The second-order valence-corrected chi connectivity index (χ2v) is 4.57. The van der Waals surface area contributed by atoms with Crippen molar-refractivity contribution in [1.82, 2.24) is 24.9 Å². The van der Waals surface area contributed by atoms with E-state index in [-0.39, 0.29) is 0 Å². The largest absolute Gasteiger partial charge is 0.316 e. The normalized spacial score (nSPS) is 20.9. The first-order valence-electron chi connectivity index (χ1n) is 6.28. The Kier molecular flexibility index (Phi) is 2.76. The fourth-order valence-electron chi connectivity index (χ4n) is 2.26. The molecule has 1 atom stereocenters. The van der Waals surface area contributed by atoms with E-state index in [4.69, 9.17) is 0 Å². The molecule has 0 radical (unpaired) electrons. The lowest BCUT2D eigenvalue weighted by molar-refractivity contribution is 0.447. The molecule has 0 amide bonds. The van der Waals surface area contributed by atoms with Gasteiger partial charge in [0.25, 0.3) is 5.78 Å². The Hall–Kier alpha value is -1.49. The summed E-state index contributed by atoms with van der Waals surface area (Å²) < 4.78 is 1.81. The number of piperidine rings is 1. The van der Waals surface area contributed by atoms with Gasteiger partial charge < -0.3 is 5.32 Å². The SMILES string of the molecule is CCc1cnc2nc(C3CCCNC3)nn2c1. The van der Waals surface area contributed by atoms with Crippen LogP contribution in [0.25, 0.3) is 5.78 Å². The molecular weight excluding hydrogens is 214 g/mol. The van der Waals surface area contributed by atoms with E-state index < -0.39 is 0 Å². The highest BCUT2D eigenvalue weighted by Crippen LogP contribution is 2.20. The lowest BCUT2D eigenvalue weighted by Gasteiger charge is -2.19. The minimum Gasteiger partial charge on any atom is -0.316 e. The zero-order valence-electron chi connectivity index (χ0n) is 10.1.